The van der Waals surface area contributed by atoms with E-state index in [0.29, 0.717) is 21.1 Å². The molecule has 0 saturated heterocycles. The van der Waals surface area contributed by atoms with Gasteiger partial charge >= 0.3 is 0 Å². The van der Waals surface area contributed by atoms with Gasteiger partial charge in [-0.2, -0.15) is 0 Å². The van der Waals surface area contributed by atoms with Crippen LogP contribution in [0.5, 0.6) is 0 Å². The lowest BCUT2D eigenvalue weighted by molar-refractivity contribution is 0.558. The highest BCUT2D eigenvalue weighted by molar-refractivity contribution is 9.10. The van der Waals surface area contributed by atoms with Gasteiger partial charge in [-0.25, -0.2) is 4.98 Å². The number of nitrogens with zero attached hydrogens (tertiary/aromatic N) is 1. The monoisotopic (exact) mass is 386 g/mol. The molecule has 112 valence electrons. The van der Waals surface area contributed by atoms with E-state index < -0.39 is 0 Å². The first-order valence-corrected chi connectivity index (χ1v) is 8.60. The molecule has 0 aliphatic carbocycles. The Kier molecular flexibility index (Phi) is 5.17. The van der Waals surface area contributed by atoms with Crippen molar-refractivity contribution in [2.75, 3.05) is 0 Å². The Hall–Kier alpha value is -0.780. The van der Waals surface area contributed by atoms with E-state index >= 15 is 0 Å². The van der Waals surface area contributed by atoms with Gasteiger partial charge < -0.3 is 4.98 Å². The first-order valence-electron chi connectivity index (χ1n) is 6.45. The zero-order valence-corrected chi connectivity index (χ0v) is 15.2. The fraction of sp³-hybridized carbons (Fsp3) is 0.333. The largest absolute Gasteiger partial charge is 0.309 e. The van der Waals surface area contributed by atoms with Crippen LogP contribution in [0.3, 0.4) is 0 Å². The Morgan fingerprint density at radius 3 is 2.71 bits per heavy atom. The van der Waals surface area contributed by atoms with Gasteiger partial charge in [-0.1, -0.05) is 38.4 Å². The highest BCUT2D eigenvalue weighted by Crippen LogP contribution is 2.27. The van der Waals surface area contributed by atoms with E-state index in [1.165, 1.54) is 0 Å². The van der Waals surface area contributed by atoms with E-state index in [1.54, 1.807) is 11.8 Å². The molecular formula is C15H16BrClN2OS. The molecule has 0 aliphatic rings. The van der Waals surface area contributed by atoms with E-state index in [1.807, 2.05) is 45.0 Å². The van der Waals surface area contributed by atoms with E-state index in [0.717, 1.165) is 10.6 Å². The second kappa shape index (κ2) is 6.55. The lowest BCUT2D eigenvalue weighted by Gasteiger charge is -2.19. The van der Waals surface area contributed by atoms with Gasteiger partial charge in [0.2, 0.25) is 0 Å². The van der Waals surface area contributed by atoms with Crippen molar-refractivity contribution in [1.82, 2.24) is 9.97 Å². The van der Waals surface area contributed by atoms with Crippen LogP contribution in [0.4, 0.5) is 0 Å². The van der Waals surface area contributed by atoms with Crippen LogP contribution in [0, 0.1) is 0 Å². The van der Waals surface area contributed by atoms with E-state index in [2.05, 4.69) is 25.9 Å². The predicted molar refractivity (Wildman–Crippen MR) is 92.3 cm³/mol. The van der Waals surface area contributed by atoms with Gasteiger partial charge in [0, 0.05) is 15.3 Å². The van der Waals surface area contributed by atoms with E-state index in [4.69, 9.17) is 11.6 Å². The van der Waals surface area contributed by atoms with Gasteiger partial charge in [0.1, 0.15) is 10.3 Å². The maximum Gasteiger partial charge on any atom is 0.265 e. The maximum atomic E-state index is 12.0. The lowest BCUT2D eigenvalue weighted by atomic mass is 9.92. The number of H-pyrrole nitrogens is 1. The van der Waals surface area contributed by atoms with Crippen molar-refractivity contribution < 1.29 is 0 Å². The maximum absolute atomic E-state index is 12.0. The third kappa shape index (κ3) is 4.34. The van der Waals surface area contributed by atoms with E-state index in [-0.39, 0.29) is 11.0 Å². The van der Waals surface area contributed by atoms with Gasteiger partial charge in [-0.05, 0) is 34.1 Å². The summed E-state index contributed by atoms with van der Waals surface area (Å²) in [4.78, 5) is 20.4. The fourth-order valence-corrected chi connectivity index (χ4v) is 3.64. The molecule has 3 nitrogen and oxygen atoms in total. The van der Waals surface area contributed by atoms with Crippen molar-refractivity contribution in [2.24, 2.45) is 0 Å². The third-order valence-electron chi connectivity index (χ3n) is 2.79. The van der Waals surface area contributed by atoms with Gasteiger partial charge in [-0.15, -0.1) is 11.8 Å². The van der Waals surface area contributed by atoms with Crippen LogP contribution < -0.4 is 5.56 Å². The minimum absolute atomic E-state index is 0.142. The molecule has 21 heavy (non-hydrogen) atoms. The van der Waals surface area contributed by atoms with Crippen molar-refractivity contribution >= 4 is 39.3 Å². The fourth-order valence-electron chi connectivity index (χ4n) is 1.78. The molecule has 0 spiro atoms. The molecule has 1 N–H and O–H groups in total. The molecule has 1 heterocycles. The van der Waals surface area contributed by atoms with Gasteiger partial charge in [0.15, 0.2) is 0 Å². The number of hydrogen-bond acceptors (Lipinski definition) is 3. The third-order valence-corrected chi connectivity index (χ3v) is 4.77. The highest BCUT2D eigenvalue weighted by atomic mass is 79.9. The van der Waals surface area contributed by atoms with Crippen molar-refractivity contribution in [3.05, 3.63) is 55.6 Å². The summed E-state index contributed by atoms with van der Waals surface area (Å²) in [5, 5.41) is 0.702. The Labute approximate surface area is 141 Å². The molecule has 0 aliphatic heterocycles. The minimum Gasteiger partial charge on any atom is -0.309 e. The summed E-state index contributed by atoms with van der Waals surface area (Å²) in [6.45, 7) is 6.11. The summed E-state index contributed by atoms with van der Waals surface area (Å²) in [6, 6.07) is 7.62. The standard InChI is InChI=1S/C15H16BrClN2OS/c1-15(2,3)13-12(16)14(20)19-11(18-13)8-21-10-6-4-5-9(17)7-10/h4-7H,8H2,1-3H3,(H,18,19,20). The summed E-state index contributed by atoms with van der Waals surface area (Å²) >= 11 is 10.9. The molecule has 0 saturated carbocycles. The number of nitrogens with one attached hydrogen (secondary N) is 1. The van der Waals surface area contributed by atoms with Gasteiger partial charge in [0.25, 0.3) is 5.56 Å². The molecular weight excluding hydrogens is 372 g/mol. The first kappa shape index (κ1) is 16.6. The van der Waals surface area contributed by atoms with Crippen LogP contribution in [0.1, 0.15) is 32.3 Å². The molecule has 0 atom stereocenters. The molecule has 2 rings (SSSR count). The number of aromatic amines is 1. The Bertz CT molecular complexity index is 710. The summed E-state index contributed by atoms with van der Waals surface area (Å²) in [7, 11) is 0. The smallest absolute Gasteiger partial charge is 0.265 e. The molecule has 6 heteroatoms. The molecule has 0 radical (unpaired) electrons. The summed E-state index contributed by atoms with van der Waals surface area (Å²) in [6.07, 6.45) is 0. The normalized spacial score (nSPS) is 11.7. The molecule has 1 aromatic carbocycles. The topological polar surface area (TPSA) is 45.8 Å². The van der Waals surface area contributed by atoms with Crippen molar-refractivity contribution in [2.45, 2.75) is 36.8 Å². The number of thioether (sulfide) groups is 1. The van der Waals surface area contributed by atoms with Crippen molar-refractivity contribution in [1.29, 1.82) is 0 Å². The Morgan fingerprint density at radius 1 is 1.38 bits per heavy atom. The van der Waals surface area contributed by atoms with Crippen LogP contribution in [0.25, 0.3) is 0 Å². The molecule has 0 fully saturated rings. The van der Waals surface area contributed by atoms with Crippen molar-refractivity contribution in [3.8, 4) is 0 Å². The number of benzene rings is 1. The number of aromatic nitrogens is 2. The zero-order valence-electron chi connectivity index (χ0n) is 12.0. The first-order chi connectivity index (χ1) is 9.77. The summed E-state index contributed by atoms with van der Waals surface area (Å²) < 4.78 is 0.506. The van der Waals surface area contributed by atoms with Crippen molar-refractivity contribution in [3.63, 3.8) is 0 Å². The number of hydrogen-bond donors (Lipinski definition) is 1. The molecule has 0 bridgehead atoms. The van der Waals surface area contributed by atoms with Crippen LogP contribution in [0.15, 0.2) is 38.4 Å². The molecule has 0 amide bonds. The molecule has 1 aromatic heterocycles. The Morgan fingerprint density at radius 2 is 2.10 bits per heavy atom. The second-order valence-electron chi connectivity index (χ2n) is 5.67. The van der Waals surface area contributed by atoms with Gasteiger partial charge in [0.05, 0.1) is 11.4 Å². The highest BCUT2D eigenvalue weighted by Gasteiger charge is 2.21. The summed E-state index contributed by atoms with van der Waals surface area (Å²) in [5.41, 5.74) is 0.437. The zero-order chi connectivity index (χ0) is 15.6. The van der Waals surface area contributed by atoms with Crippen LogP contribution in [-0.2, 0) is 11.2 Å². The Balaban J connectivity index is 2.25. The molecule has 0 unspecified atom stereocenters. The average Bonchev–Trinajstić information content (AvgIpc) is 2.38. The average molecular weight is 388 g/mol. The predicted octanol–water partition coefficient (Wildman–Crippen LogP) is 4.78. The van der Waals surface area contributed by atoms with Crippen LogP contribution in [-0.4, -0.2) is 9.97 Å². The molecule has 2 aromatic rings. The number of rotatable bonds is 3. The lowest BCUT2D eigenvalue weighted by Crippen LogP contribution is -2.23. The van der Waals surface area contributed by atoms with Crippen LogP contribution >= 0.6 is 39.3 Å². The summed E-state index contributed by atoms with van der Waals surface area (Å²) in [5.74, 6) is 1.25. The van der Waals surface area contributed by atoms with Gasteiger partial charge in [-0.3, -0.25) is 4.79 Å². The quantitative estimate of drug-likeness (QED) is 0.771. The number of halogens is 2. The SMILES string of the molecule is CC(C)(C)c1nc(CSc2cccc(Cl)c2)[nH]c(=O)c1Br. The van der Waals surface area contributed by atoms with E-state index in [9.17, 15) is 4.79 Å². The minimum atomic E-state index is -0.192. The van der Waals surface area contributed by atoms with Crippen LogP contribution in [0.2, 0.25) is 5.02 Å². The second-order valence-corrected chi connectivity index (χ2v) is 7.95.